The number of ether oxygens (including phenoxy) is 1. The SMILES string of the molecule is COC1CCC(C2CNC(NC3CCC(C(=O)NC4CCC(C(C)O)CC4)CC3)NC2)CC1. The lowest BCUT2D eigenvalue weighted by molar-refractivity contribution is -0.127. The molecule has 4 aliphatic rings. The van der Waals surface area contributed by atoms with Gasteiger partial charge in [-0.15, -0.1) is 0 Å². The number of hydrogen-bond acceptors (Lipinski definition) is 6. The van der Waals surface area contributed by atoms with E-state index in [4.69, 9.17) is 4.74 Å². The van der Waals surface area contributed by atoms with Gasteiger partial charge < -0.3 is 15.2 Å². The lowest BCUT2D eigenvalue weighted by Crippen LogP contribution is -2.63. The molecule has 0 radical (unpaired) electrons. The monoisotopic (exact) mass is 464 g/mol. The van der Waals surface area contributed by atoms with Gasteiger partial charge in [0.05, 0.1) is 12.2 Å². The minimum atomic E-state index is -0.223. The zero-order chi connectivity index (χ0) is 23.2. The van der Waals surface area contributed by atoms with Crippen molar-refractivity contribution in [2.24, 2.45) is 23.7 Å². The fourth-order valence-corrected chi connectivity index (χ4v) is 6.75. The normalized spacial score (nSPS) is 41.3. The molecule has 1 amide bonds. The molecule has 4 rings (SSSR count). The van der Waals surface area contributed by atoms with E-state index >= 15 is 0 Å². The summed E-state index contributed by atoms with van der Waals surface area (Å²) in [6.07, 6.45) is 13.6. The number of amides is 1. The fourth-order valence-electron chi connectivity index (χ4n) is 6.75. The van der Waals surface area contributed by atoms with Gasteiger partial charge in [-0.1, -0.05) is 0 Å². The van der Waals surface area contributed by atoms with Crippen LogP contribution in [0.15, 0.2) is 0 Å². The Bertz CT molecular complexity index is 586. The summed E-state index contributed by atoms with van der Waals surface area (Å²) in [5.74, 6) is 2.36. The highest BCUT2D eigenvalue weighted by Crippen LogP contribution is 2.32. The van der Waals surface area contributed by atoms with Crippen LogP contribution in [0.25, 0.3) is 0 Å². The van der Waals surface area contributed by atoms with Gasteiger partial charge in [0, 0.05) is 38.2 Å². The van der Waals surface area contributed by atoms with Crippen molar-refractivity contribution in [3.8, 4) is 0 Å². The third kappa shape index (κ3) is 7.14. The molecule has 1 heterocycles. The number of carbonyl (C=O) groups is 1. The maximum atomic E-state index is 12.8. The molecule has 7 heteroatoms. The summed E-state index contributed by atoms with van der Waals surface area (Å²) in [5.41, 5.74) is 0. The van der Waals surface area contributed by atoms with Crippen molar-refractivity contribution in [2.45, 2.75) is 115 Å². The molecule has 1 aliphatic heterocycles. The van der Waals surface area contributed by atoms with Crippen LogP contribution < -0.4 is 21.3 Å². The summed E-state index contributed by atoms with van der Waals surface area (Å²) in [7, 11) is 1.84. The molecular formula is C26H48N4O3. The number of hydrogen-bond donors (Lipinski definition) is 5. The van der Waals surface area contributed by atoms with Gasteiger partial charge in [-0.3, -0.25) is 20.7 Å². The first kappa shape index (κ1) is 25.4. The molecule has 0 aromatic heterocycles. The highest BCUT2D eigenvalue weighted by atomic mass is 16.5. The second-order valence-corrected chi connectivity index (χ2v) is 11.4. The second kappa shape index (κ2) is 12.3. The molecule has 0 aromatic carbocycles. The summed E-state index contributed by atoms with van der Waals surface area (Å²) < 4.78 is 5.53. The van der Waals surface area contributed by atoms with E-state index in [1.165, 1.54) is 25.7 Å². The van der Waals surface area contributed by atoms with Crippen LogP contribution in [0.2, 0.25) is 0 Å². The molecule has 190 valence electrons. The van der Waals surface area contributed by atoms with Gasteiger partial charge in [0.25, 0.3) is 0 Å². The molecule has 1 unspecified atom stereocenters. The first-order valence-corrected chi connectivity index (χ1v) is 13.8. The van der Waals surface area contributed by atoms with Gasteiger partial charge in [0.2, 0.25) is 5.91 Å². The Morgan fingerprint density at radius 2 is 1.45 bits per heavy atom. The van der Waals surface area contributed by atoms with E-state index < -0.39 is 0 Å². The average molecular weight is 465 g/mol. The Labute approximate surface area is 200 Å². The van der Waals surface area contributed by atoms with Crippen LogP contribution in [-0.4, -0.2) is 61.8 Å². The van der Waals surface area contributed by atoms with Gasteiger partial charge in [0.1, 0.15) is 6.29 Å². The topological polar surface area (TPSA) is 94.7 Å². The van der Waals surface area contributed by atoms with Crippen LogP contribution in [0, 0.1) is 23.7 Å². The first-order chi connectivity index (χ1) is 16.0. The van der Waals surface area contributed by atoms with Crippen molar-refractivity contribution < 1.29 is 14.6 Å². The van der Waals surface area contributed by atoms with E-state index in [1.54, 1.807) is 0 Å². The van der Waals surface area contributed by atoms with Crippen molar-refractivity contribution >= 4 is 5.91 Å². The quantitative estimate of drug-likeness (QED) is 0.397. The van der Waals surface area contributed by atoms with Crippen molar-refractivity contribution in [3.05, 3.63) is 0 Å². The average Bonchev–Trinajstić information content (AvgIpc) is 2.85. The Kier molecular flexibility index (Phi) is 9.45. The van der Waals surface area contributed by atoms with Crippen LogP contribution in [0.3, 0.4) is 0 Å². The van der Waals surface area contributed by atoms with Crippen LogP contribution in [0.1, 0.15) is 84.0 Å². The van der Waals surface area contributed by atoms with E-state index in [-0.39, 0.29) is 24.2 Å². The molecule has 0 aromatic rings. The van der Waals surface area contributed by atoms with Gasteiger partial charge in [-0.2, -0.15) is 0 Å². The summed E-state index contributed by atoms with van der Waals surface area (Å²) in [6.45, 7) is 4.06. The highest BCUT2D eigenvalue weighted by molar-refractivity contribution is 5.79. The van der Waals surface area contributed by atoms with E-state index in [1.807, 2.05) is 14.0 Å². The zero-order valence-electron chi connectivity index (χ0n) is 20.9. The summed E-state index contributed by atoms with van der Waals surface area (Å²) in [6, 6.07) is 0.783. The van der Waals surface area contributed by atoms with E-state index in [2.05, 4.69) is 21.3 Å². The molecule has 0 bridgehead atoms. The lowest BCUT2D eigenvalue weighted by atomic mass is 9.78. The molecule has 7 nitrogen and oxygen atoms in total. The number of methoxy groups -OCH3 is 1. The number of aliphatic hydroxyl groups excluding tert-OH is 1. The Morgan fingerprint density at radius 1 is 0.848 bits per heavy atom. The Morgan fingerprint density at radius 3 is 2.03 bits per heavy atom. The number of aliphatic hydroxyl groups is 1. The van der Waals surface area contributed by atoms with Crippen molar-refractivity contribution in [1.82, 2.24) is 21.3 Å². The molecule has 3 aliphatic carbocycles. The van der Waals surface area contributed by atoms with Crippen LogP contribution in [-0.2, 0) is 9.53 Å². The molecule has 4 fully saturated rings. The Balaban J connectivity index is 1.10. The van der Waals surface area contributed by atoms with E-state index in [0.29, 0.717) is 24.1 Å². The number of nitrogens with one attached hydrogen (secondary N) is 4. The lowest BCUT2D eigenvalue weighted by Gasteiger charge is -2.40. The maximum Gasteiger partial charge on any atom is 0.223 e. The first-order valence-electron chi connectivity index (χ1n) is 13.8. The number of rotatable bonds is 7. The largest absolute Gasteiger partial charge is 0.393 e. The molecule has 5 N–H and O–H groups in total. The van der Waals surface area contributed by atoms with Crippen LogP contribution in [0.5, 0.6) is 0 Å². The maximum absolute atomic E-state index is 12.8. The van der Waals surface area contributed by atoms with Crippen LogP contribution in [0.4, 0.5) is 0 Å². The van der Waals surface area contributed by atoms with E-state index in [9.17, 15) is 9.90 Å². The van der Waals surface area contributed by atoms with Crippen molar-refractivity contribution in [2.75, 3.05) is 20.2 Å². The predicted octanol–water partition coefficient (Wildman–Crippen LogP) is 2.49. The summed E-state index contributed by atoms with van der Waals surface area (Å²) >= 11 is 0. The minimum absolute atomic E-state index is 0.163. The van der Waals surface area contributed by atoms with Gasteiger partial charge in [-0.05, 0) is 102 Å². The van der Waals surface area contributed by atoms with Gasteiger partial charge in [-0.25, -0.2) is 0 Å². The minimum Gasteiger partial charge on any atom is -0.393 e. The predicted molar refractivity (Wildman–Crippen MR) is 130 cm³/mol. The third-order valence-corrected chi connectivity index (χ3v) is 9.19. The Hall–Kier alpha value is -0.730. The highest BCUT2D eigenvalue weighted by Gasteiger charge is 2.33. The molecule has 0 spiro atoms. The third-order valence-electron chi connectivity index (χ3n) is 9.19. The summed E-state index contributed by atoms with van der Waals surface area (Å²) in [4.78, 5) is 12.8. The van der Waals surface area contributed by atoms with Crippen molar-refractivity contribution in [1.29, 1.82) is 0 Å². The molecule has 3 saturated carbocycles. The number of carbonyl (C=O) groups excluding carboxylic acids is 1. The second-order valence-electron chi connectivity index (χ2n) is 11.4. The summed E-state index contributed by atoms with van der Waals surface area (Å²) in [5, 5.41) is 24.2. The molecule has 33 heavy (non-hydrogen) atoms. The van der Waals surface area contributed by atoms with Gasteiger partial charge >= 0.3 is 0 Å². The molecule has 1 atom stereocenters. The van der Waals surface area contributed by atoms with E-state index in [0.717, 1.165) is 76.3 Å². The fraction of sp³-hybridized carbons (Fsp3) is 0.962. The van der Waals surface area contributed by atoms with Gasteiger partial charge in [0.15, 0.2) is 0 Å². The standard InChI is InChI=1S/C26H48N4O3/c1-17(31)18-3-9-22(10-4-18)29-25(32)20-5-11-23(12-6-20)30-26-27-15-21(16-28-26)19-7-13-24(33-2)14-8-19/h17-24,26-28,30-31H,3-16H2,1-2H3,(H,29,32). The van der Waals surface area contributed by atoms with Crippen molar-refractivity contribution in [3.63, 3.8) is 0 Å². The van der Waals surface area contributed by atoms with Crippen LogP contribution >= 0.6 is 0 Å². The smallest absolute Gasteiger partial charge is 0.223 e. The molecular weight excluding hydrogens is 416 g/mol. The zero-order valence-corrected chi connectivity index (χ0v) is 20.9. The molecule has 1 saturated heterocycles.